The minimum absolute atomic E-state index is 0.808. The van der Waals surface area contributed by atoms with Crippen molar-refractivity contribution in [3.63, 3.8) is 0 Å². The fourth-order valence-electron chi connectivity index (χ4n) is 9.29. The molecule has 0 amide bonds. The molecular weight excluding hydrogens is 786 g/mol. The molecule has 0 bridgehead atoms. The molecule has 4 heterocycles. The summed E-state index contributed by atoms with van der Waals surface area (Å²) in [6.07, 6.45) is 17.2. The van der Waals surface area contributed by atoms with Crippen LogP contribution in [0.15, 0.2) is 12.1 Å². The molecule has 0 fully saturated rings. The van der Waals surface area contributed by atoms with Crippen molar-refractivity contribution in [2.24, 2.45) is 0 Å². The van der Waals surface area contributed by atoms with Gasteiger partial charge < -0.3 is 0 Å². The predicted molar refractivity (Wildman–Crippen MR) is 209 cm³/mol. The van der Waals surface area contributed by atoms with Crippen LogP contribution in [0.3, 0.4) is 0 Å². The summed E-state index contributed by atoms with van der Waals surface area (Å²) in [6.45, 7) is 19.9. The SMILES string of the molecule is CCC[CH2][Sn]([CH2]CCC)([CH2]CCC)[c]1cc2c(s1)[C@@H](C)C[Si]21C[C@H](C)c2s[c]([Sn]([CH2]CCC)([CH2]CCC)[CH2]CCC)cc21. The maximum absolute atomic E-state index is 3.01. The van der Waals surface area contributed by atoms with E-state index in [2.05, 4.69) is 90.2 Å². The first-order chi connectivity index (χ1) is 20.8. The first-order valence-electron chi connectivity index (χ1n) is 19.1. The third-order valence-electron chi connectivity index (χ3n) is 11.9. The van der Waals surface area contributed by atoms with E-state index < -0.39 is 44.8 Å². The molecule has 0 aliphatic carbocycles. The summed E-state index contributed by atoms with van der Waals surface area (Å²) >= 11 is 0.00196. The summed E-state index contributed by atoms with van der Waals surface area (Å²) < 4.78 is 13.8. The summed E-state index contributed by atoms with van der Waals surface area (Å²) in [5, 5.41) is 3.99. The van der Waals surface area contributed by atoms with Crippen LogP contribution in [0.2, 0.25) is 38.7 Å². The molecule has 0 nitrogen and oxygen atoms in total. The van der Waals surface area contributed by atoms with Gasteiger partial charge in [-0.15, -0.1) is 0 Å². The van der Waals surface area contributed by atoms with Crippen LogP contribution >= 0.6 is 22.7 Å². The van der Waals surface area contributed by atoms with Crippen LogP contribution in [-0.2, 0) is 0 Å². The van der Waals surface area contributed by atoms with Gasteiger partial charge >= 0.3 is 289 Å². The van der Waals surface area contributed by atoms with Gasteiger partial charge in [0.25, 0.3) is 0 Å². The molecule has 2 aliphatic rings. The molecule has 0 saturated heterocycles. The van der Waals surface area contributed by atoms with Crippen molar-refractivity contribution >= 4 is 83.7 Å². The number of hydrogen-bond acceptors (Lipinski definition) is 2. The zero-order valence-corrected chi connectivity index (χ0v) is 38.1. The molecule has 0 N–H and O–H groups in total. The van der Waals surface area contributed by atoms with Gasteiger partial charge in [-0.25, -0.2) is 0 Å². The molecule has 5 heteroatoms. The van der Waals surface area contributed by atoms with E-state index in [1.165, 1.54) is 89.1 Å². The number of unbranched alkanes of at least 4 members (excludes halogenated alkanes) is 6. The number of thiophene rings is 2. The maximum atomic E-state index is 3.01. The Hall–Kier alpha value is 1.21. The van der Waals surface area contributed by atoms with Crippen LogP contribution in [0.25, 0.3) is 0 Å². The second kappa shape index (κ2) is 17.0. The standard InChI is InChI=1S/C14H14S2Si.6C4H9.2Sn/c1-9-7-17(11-3-5-15-13(9)11)8-10(2)14-12(17)4-6-16-14;6*1-3-4-2;;/h3-4,9-10H,7-8H2,1-2H3;6*1,3-4H2,2H3;;/t9-,10-,17?;;;;;;;;/m0......../s1. The monoisotopic (exact) mass is 856 g/mol. The summed E-state index contributed by atoms with van der Waals surface area (Å²) in [5.41, 5.74) is 0. The second-order valence-corrected chi connectivity index (χ2v) is 49.8. The Morgan fingerprint density at radius 2 is 0.814 bits per heavy atom. The normalized spacial score (nSPS) is 19.4. The Morgan fingerprint density at radius 3 is 1.07 bits per heavy atom. The summed E-state index contributed by atoms with van der Waals surface area (Å²) in [4.78, 5) is 3.80. The Morgan fingerprint density at radius 1 is 0.535 bits per heavy atom. The first kappa shape index (κ1) is 37.0. The predicted octanol–water partition coefficient (Wildman–Crippen LogP) is 11.7. The van der Waals surface area contributed by atoms with Gasteiger partial charge in [-0.05, 0) is 0 Å². The van der Waals surface area contributed by atoms with E-state index in [0.29, 0.717) is 0 Å². The zero-order chi connectivity index (χ0) is 31.1. The van der Waals surface area contributed by atoms with E-state index in [0.717, 1.165) is 11.8 Å². The number of hydrogen-bond donors (Lipinski definition) is 0. The van der Waals surface area contributed by atoms with Gasteiger partial charge in [0.15, 0.2) is 0 Å². The van der Waals surface area contributed by atoms with Gasteiger partial charge in [-0.3, -0.25) is 0 Å². The zero-order valence-electron chi connectivity index (χ0n) is 29.8. The summed E-state index contributed by atoms with van der Waals surface area (Å²) in [6, 6.07) is 9.08. The van der Waals surface area contributed by atoms with Crippen molar-refractivity contribution in [1.82, 2.24) is 0 Å². The van der Waals surface area contributed by atoms with Crippen LogP contribution in [0.5, 0.6) is 0 Å². The van der Waals surface area contributed by atoms with Crippen LogP contribution in [0.1, 0.15) is 154 Å². The molecule has 2 aromatic heterocycles. The molecule has 0 unspecified atom stereocenters. The van der Waals surface area contributed by atoms with Crippen LogP contribution in [-0.4, -0.2) is 44.8 Å². The summed E-state index contributed by atoms with van der Waals surface area (Å²) in [7, 11) is -1.65. The van der Waals surface area contributed by atoms with E-state index in [9.17, 15) is 0 Å². The molecule has 2 aromatic rings. The molecule has 244 valence electrons. The Bertz CT molecular complexity index is 1000. The quantitative estimate of drug-likeness (QED) is 0.116. The van der Waals surface area contributed by atoms with Gasteiger partial charge in [-0.2, -0.15) is 0 Å². The van der Waals surface area contributed by atoms with Crippen molar-refractivity contribution in [2.45, 2.75) is 183 Å². The first-order valence-corrected chi connectivity index (χ1v) is 38.1. The van der Waals surface area contributed by atoms with Gasteiger partial charge in [0.05, 0.1) is 0 Å². The molecular formula is C38H68S2SiSn2. The van der Waals surface area contributed by atoms with E-state index in [4.69, 9.17) is 0 Å². The Balaban J connectivity index is 1.81. The Kier molecular flexibility index (Phi) is 14.7. The van der Waals surface area contributed by atoms with E-state index >= 15 is 0 Å². The minimum atomic E-state index is -2.41. The molecule has 1 spiro atoms. The molecule has 2 atom stereocenters. The molecule has 0 radical (unpaired) electrons. The third-order valence-corrected chi connectivity index (χ3v) is 56.9. The van der Waals surface area contributed by atoms with Crippen LogP contribution < -0.4 is 16.2 Å². The van der Waals surface area contributed by atoms with E-state index in [-0.39, 0.29) is 0 Å². The molecule has 4 rings (SSSR count). The van der Waals surface area contributed by atoms with Crippen molar-refractivity contribution in [3.05, 3.63) is 21.9 Å². The number of rotatable bonds is 20. The second-order valence-electron chi connectivity index (χ2n) is 15.3. The fraction of sp³-hybridized carbons (Fsp3) is 0.789. The average molecular weight is 855 g/mol. The fourth-order valence-corrected chi connectivity index (χ4v) is 58.8. The summed E-state index contributed by atoms with van der Waals surface area (Å²) in [5.74, 6) is 1.62. The average Bonchev–Trinajstić information content (AvgIpc) is 3.77. The van der Waals surface area contributed by atoms with Gasteiger partial charge in [0.2, 0.25) is 0 Å². The topological polar surface area (TPSA) is 0 Å². The third kappa shape index (κ3) is 7.77. The van der Waals surface area contributed by atoms with Crippen molar-refractivity contribution < 1.29 is 0 Å². The number of fused-ring (bicyclic) bond motifs is 4. The molecule has 43 heavy (non-hydrogen) atoms. The van der Waals surface area contributed by atoms with Gasteiger partial charge in [-0.1, -0.05) is 0 Å². The van der Waals surface area contributed by atoms with E-state index in [1.54, 1.807) is 26.6 Å². The molecule has 0 saturated carbocycles. The van der Waals surface area contributed by atoms with Gasteiger partial charge in [0, 0.05) is 0 Å². The van der Waals surface area contributed by atoms with Gasteiger partial charge in [0.1, 0.15) is 0 Å². The van der Waals surface area contributed by atoms with Crippen LogP contribution in [0, 0.1) is 0 Å². The van der Waals surface area contributed by atoms with Crippen molar-refractivity contribution in [2.75, 3.05) is 0 Å². The molecule has 0 aromatic carbocycles. The van der Waals surface area contributed by atoms with Crippen LogP contribution in [0.4, 0.5) is 0 Å². The molecule has 2 aliphatic heterocycles. The van der Waals surface area contributed by atoms with E-state index in [1.807, 2.05) is 25.9 Å². The van der Waals surface area contributed by atoms with Crippen molar-refractivity contribution in [1.29, 1.82) is 0 Å². The van der Waals surface area contributed by atoms with Crippen molar-refractivity contribution in [3.8, 4) is 0 Å². The Labute approximate surface area is 285 Å².